The van der Waals surface area contributed by atoms with Gasteiger partial charge in [-0.3, -0.25) is 4.57 Å². The van der Waals surface area contributed by atoms with Crippen molar-refractivity contribution in [1.82, 2.24) is 9.55 Å². The molecule has 332 valence electrons. The van der Waals surface area contributed by atoms with Crippen LogP contribution in [0, 0.1) is 0 Å². The van der Waals surface area contributed by atoms with Gasteiger partial charge in [0.05, 0.1) is 32.8 Å². The molecule has 1 aliphatic heterocycles. The highest BCUT2D eigenvalue weighted by Crippen LogP contribution is 2.52. The van der Waals surface area contributed by atoms with Crippen LogP contribution in [0.2, 0.25) is 0 Å². The van der Waals surface area contributed by atoms with Crippen LogP contribution in [-0.2, 0) is 10.8 Å². The first-order valence-electron chi connectivity index (χ1n) is 23.5. The molecule has 0 radical (unpaired) electrons. The van der Waals surface area contributed by atoms with Crippen molar-refractivity contribution in [3.8, 4) is 39.6 Å². The maximum absolute atomic E-state index is 6.91. The molecule has 0 aliphatic carbocycles. The Morgan fingerprint density at radius 2 is 1.18 bits per heavy atom. The number of fused-ring (bicyclic) bond motifs is 8. The molecule has 5 nitrogen and oxygen atoms in total. The summed E-state index contributed by atoms with van der Waals surface area (Å²) >= 11 is 1.85. The van der Waals surface area contributed by atoms with E-state index in [4.69, 9.17) is 9.72 Å². The minimum absolute atomic E-state index is 0.0411. The van der Waals surface area contributed by atoms with Crippen LogP contribution in [0.4, 0.5) is 22.7 Å². The van der Waals surface area contributed by atoms with Crippen molar-refractivity contribution in [2.75, 3.05) is 16.5 Å². The Labute approximate surface area is 402 Å². The fraction of sp³-hybridized carbons (Fsp3) is 0.145. The second kappa shape index (κ2) is 16.0. The molecule has 6 heteroatoms. The molecule has 12 rings (SSSR count). The fourth-order valence-electron chi connectivity index (χ4n) is 10.1. The Hall–Kier alpha value is -7.67. The first-order chi connectivity index (χ1) is 33.0. The summed E-state index contributed by atoms with van der Waals surface area (Å²) in [4.78, 5) is 9.97. The van der Waals surface area contributed by atoms with Crippen LogP contribution < -0.4 is 14.5 Å². The lowest BCUT2D eigenvalue weighted by molar-refractivity contribution is 0.483. The van der Waals surface area contributed by atoms with Crippen molar-refractivity contribution >= 4 is 76.1 Å². The summed E-state index contributed by atoms with van der Waals surface area (Å²) in [5, 5.41) is 4.92. The number of thiophene rings is 1. The zero-order valence-corrected chi connectivity index (χ0v) is 40.1. The monoisotopic (exact) mass is 900 g/mol. The number of rotatable bonds is 7. The van der Waals surface area contributed by atoms with Crippen LogP contribution in [0.5, 0.6) is 11.5 Å². The van der Waals surface area contributed by atoms with Crippen molar-refractivity contribution in [3.63, 3.8) is 0 Å². The smallest absolute Gasteiger partial charge is 0.137 e. The molecule has 0 N–H and O–H groups in total. The molecule has 0 fully saturated rings. The highest BCUT2D eigenvalue weighted by molar-refractivity contribution is 7.27. The lowest BCUT2D eigenvalue weighted by Crippen LogP contribution is -2.25. The van der Waals surface area contributed by atoms with E-state index >= 15 is 0 Å². The molecule has 0 saturated carbocycles. The standard InChI is InChI=1S/C62H52N4OS/c1-61(2,3)43-32-33-63-56(36-43)66-54-38-47(29-30-49(54)60-59(66)57-48-25-14-13-22-42(48)28-31-55(57)68-60)67-46-24-17-23-45(37-46)64-39-65(53-27-16-15-26-52(53)64)58-50(40-18-9-7-10-19-40)34-44(62(4,5)6)35-51(58)41-20-11-8-12-21-41/h7-38H,39H2,1-6H3. The Balaban J connectivity index is 0.967. The van der Waals surface area contributed by atoms with Crippen LogP contribution in [0.1, 0.15) is 52.7 Å². The largest absolute Gasteiger partial charge is 0.457 e. The van der Waals surface area contributed by atoms with E-state index in [1.807, 2.05) is 17.5 Å². The van der Waals surface area contributed by atoms with E-state index in [2.05, 4.69) is 244 Å². The van der Waals surface area contributed by atoms with E-state index in [0.29, 0.717) is 6.67 Å². The SMILES string of the molecule is CC(C)(C)c1ccnc(-n2c3cc(Oc4cccc(N5CN(c6c(-c7ccccc7)cc(C(C)(C)C)cc6-c6ccccc6)c6ccccc65)c4)ccc3c3sc4ccc5ccccc5c4c32)c1. The second-order valence-corrected chi connectivity index (χ2v) is 21.1. The average molecular weight is 901 g/mol. The Bertz CT molecular complexity index is 3660. The molecule has 0 spiro atoms. The van der Waals surface area contributed by atoms with E-state index in [0.717, 1.165) is 39.9 Å². The van der Waals surface area contributed by atoms with Crippen molar-refractivity contribution in [3.05, 3.63) is 205 Å². The first-order valence-corrected chi connectivity index (χ1v) is 24.4. The van der Waals surface area contributed by atoms with E-state index in [-0.39, 0.29) is 10.8 Å². The molecule has 3 aromatic heterocycles. The average Bonchev–Trinajstić information content (AvgIpc) is 4.03. The number of ether oxygens (including phenoxy) is 1. The fourth-order valence-corrected chi connectivity index (χ4v) is 11.3. The molecule has 4 heterocycles. The maximum Gasteiger partial charge on any atom is 0.137 e. The molecular weight excluding hydrogens is 849 g/mol. The second-order valence-electron chi connectivity index (χ2n) is 20.1. The topological polar surface area (TPSA) is 33.5 Å². The number of hydrogen-bond donors (Lipinski definition) is 0. The van der Waals surface area contributed by atoms with Crippen molar-refractivity contribution in [2.45, 2.75) is 52.4 Å². The normalized spacial score (nSPS) is 13.0. The highest BCUT2D eigenvalue weighted by Gasteiger charge is 2.33. The number of nitrogens with zero attached hydrogens (tertiary/aromatic N) is 4. The van der Waals surface area contributed by atoms with Gasteiger partial charge in [0.1, 0.15) is 24.0 Å². The van der Waals surface area contributed by atoms with E-state index < -0.39 is 0 Å². The lowest BCUT2D eigenvalue weighted by Gasteiger charge is -2.30. The third kappa shape index (κ3) is 7.10. The van der Waals surface area contributed by atoms with Crippen molar-refractivity contribution in [1.29, 1.82) is 0 Å². The van der Waals surface area contributed by atoms with Gasteiger partial charge in [-0.25, -0.2) is 4.98 Å². The summed E-state index contributed by atoms with van der Waals surface area (Å²) < 4.78 is 11.8. The molecule has 0 atom stereocenters. The quantitative estimate of drug-likeness (QED) is 0.160. The van der Waals surface area contributed by atoms with Crippen molar-refractivity contribution < 1.29 is 4.74 Å². The molecular formula is C62H52N4OS. The number of benzene rings is 8. The third-order valence-electron chi connectivity index (χ3n) is 13.6. The molecule has 68 heavy (non-hydrogen) atoms. The number of aromatic nitrogens is 2. The summed E-state index contributed by atoms with van der Waals surface area (Å²) in [5.74, 6) is 2.44. The van der Waals surface area contributed by atoms with Gasteiger partial charge in [0.25, 0.3) is 0 Å². The van der Waals surface area contributed by atoms with E-state index in [1.54, 1.807) is 0 Å². The van der Waals surface area contributed by atoms with Crippen LogP contribution in [0.15, 0.2) is 194 Å². The van der Waals surface area contributed by atoms with Gasteiger partial charge in [0.2, 0.25) is 0 Å². The summed E-state index contributed by atoms with van der Waals surface area (Å²) in [6, 6.07) is 68.0. The summed E-state index contributed by atoms with van der Waals surface area (Å²) in [6.45, 7) is 14.3. The summed E-state index contributed by atoms with van der Waals surface area (Å²) in [7, 11) is 0. The van der Waals surface area contributed by atoms with E-state index in [1.165, 1.54) is 75.5 Å². The zero-order chi connectivity index (χ0) is 46.3. The molecule has 0 unspecified atom stereocenters. The molecule has 0 amide bonds. The first kappa shape index (κ1) is 41.7. The van der Waals surface area contributed by atoms with Gasteiger partial charge in [-0.2, -0.15) is 0 Å². The van der Waals surface area contributed by atoms with Gasteiger partial charge < -0.3 is 14.5 Å². The van der Waals surface area contributed by atoms with E-state index in [9.17, 15) is 0 Å². The molecule has 0 bridgehead atoms. The molecule has 8 aromatic carbocycles. The zero-order valence-electron chi connectivity index (χ0n) is 39.3. The Morgan fingerprint density at radius 3 is 1.88 bits per heavy atom. The summed E-state index contributed by atoms with van der Waals surface area (Å²) in [5.41, 5.74) is 14.1. The minimum atomic E-state index is -0.0534. The number of pyridine rings is 1. The summed E-state index contributed by atoms with van der Waals surface area (Å²) in [6.07, 6.45) is 1.95. The van der Waals surface area contributed by atoms with Crippen molar-refractivity contribution in [2.24, 2.45) is 0 Å². The van der Waals surface area contributed by atoms with Crippen LogP contribution in [0.25, 0.3) is 70.0 Å². The van der Waals surface area contributed by atoms with Crippen LogP contribution >= 0.6 is 11.3 Å². The molecule has 11 aromatic rings. The predicted molar refractivity (Wildman–Crippen MR) is 288 cm³/mol. The number of hydrogen-bond acceptors (Lipinski definition) is 5. The van der Waals surface area contributed by atoms with Crippen LogP contribution in [0.3, 0.4) is 0 Å². The minimum Gasteiger partial charge on any atom is -0.457 e. The molecule has 1 aliphatic rings. The lowest BCUT2D eigenvalue weighted by atomic mass is 9.82. The van der Waals surface area contributed by atoms with Gasteiger partial charge in [-0.05, 0) is 111 Å². The van der Waals surface area contributed by atoms with Gasteiger partial charge >= 0.3 is 0 Å². The maximum atomic E-state index is 6.91. The highest BCUT2D eigenvalue weighted by atomic mass is 32.1. The van der Waals surface area contributed by atoms with Gasteiger partial charge in [0, 0.05) is 50.6 Å². The number of anilines is 4. The Morgan fingerprint density at radius 1 is 0.529 bits per heavy atom. The van der Waals surface area contributed by atoms with Crippen LogP contribution in [-0.4, -0.2) is 16.2 Å². The van der Waals surface area contributed by atoms with Gasteiger partial charge in [0.15, 0.2) is 0 Å². The Kier molecular flexibility index (Phi) is 9.82. The third-order valence-corrected chi connectivity index (χ3v) is 14.8. The number of para-hydroxylation sites is 2. The molecule has 0 saturated heterocycles. The van der Waals surface area contributed by atoms with Gasteiger partial charge in [-0.1, -0.05) is 151 Å². The van der Waals surface area contributed by atoms with Gasteiger partial charge in [-0.15, -0.1) is 11.3 Å². The predicted octanol–water partition coefficient (Wildman–Crippen LogP) is 17.5.